The maximum atomic E-state index is 13.3. The third kappa shape index (κ3) is 2.75. The summed E-state index contributed by atoms with van der Waals surface area (Å²) in [6, 6.07) is 14.7. The van der Waals surface area contributed by atoms with Crippen molar-refractivity contribution in [3.63, 3.8) is 0 Å². The van der Waals surface area contributed by atoms with Crippen LogP contribution in [0.25, 0.3) is 10.9 Å². The highest BCUT2D eigenvalue weighted by Gasteiger charge is 2.04. The Morgan fingerprint density at radius 3 is 2.80 bits per heavy atom. The Kier molecular flexibility index (Phi) is 3.56. The maximum absolute atomic E-state index is 13.3. The molecule has 0 amide bonds. The molecule has 0 saturated heterocycles. The smallest absolute Gasteiger partial charge is 0.126 e. The first-order chi connectivity index (χ1) is 9.72. The zero-order valence-electron chi connectivity index (χ0n) is 10.7. The van der Waals surface area contributed by atoms with Crippen molar-refractivity contribution in [2.45, 2.75) is 10.6 Å². The summed E-state index contributed by atoms with van der Waals surface area (Å²) in [5.41, 5.74) is 8.23. The summed E-state index contributed by atoms with van der Waals surface area (Å²) >= 11 is 1.56. The number of benzene rings is 2. The highest BCUT2D eigenvalue weighted by molar-refractivity contribution is 7.98. The van der Waals surface area contributed by atoms with Crippen molar-refractivity contribution in [3.05, 3.63) is 66.1 Å². The number of hydrogen-bond donors (Lipinski definition) is 1. The molecule has 3 aromatic rings. The average molecular weight is 284 g/mol. The van der Waals surface area contributed by atoms with Crippen molar-refractivity contribution in [1.82, 2.24) is 4.98 Å². The molecule has 2 N–H and O–H groups in total. The molecular weight excluding hydrogens is 271 g/mol. The Labute approximate surface area is 120 Å². The summed E-state index contributed by atoms with van der Waals surface area (Å²) in [6.07, 6.45) is 1.79. The van der Waals surface area contributed by atoms with Gasteiger partial charge in [0.15, 0.2) is 0 Å². The van der Waals surface area contributed by atoms with E-state index in [2.05, 4.69) is 4.98 Å². The van der Waals surface area contributed by atoms with Gasteiger partial charge in [-0.25, -0.2) is 4.39 Å². The Morgan fingerprint density at radius 2 is 1.95 bits per heavy atom. The molecule has 0 spiro atoms. The van der Waals surface area contributed by atoms with Crippen molar-refractivity contribution in [3.8, 4) is 0 Å². The zero-order valence-corrected chi connectivity index (χ0v) is 11.5. The number of pyridine rings is 1. The average Bonchev–Trinajstić information content (AvgIpc) is 2.44. The molecule has 2 nitrogen and oxygen atoms in total. The van der Waals surface area contributed by atoms with Crippen molar-refractivity contribution in [2.75, 3.05) is 5.73 Å². The van der Waals surface area contributed by atoms with Gasteiger partial charge in [0, 0.05) is 27.9 Å². The zero-order chi connectivity index (χ0) is 13.9. The van der Waals surface area contributed by atoms with Gasteiger partial charge < -0.3 is 5.73 Å². The van der Waals surface area contributed by atoms with Crippen LogP contribution in [0.2, 0.25) is 0 Å². The number of hydrogen-bond acceptors (Lipinski definition) is 3. The van der Waals surface area contributed by atoms with Crippen molar-refractivity contribution < 1.29 is 4.39 Å². The fraction of sp³-hybridized carbons (Fsp3) is 0.0625. The van der Waals surface area contributed by atoms with Gasteiger partial charge in [0.05, 0.1) is 5.52 Å². The normalized spacial score (nSPS) is 10.8. The van der Waals surface area contributed by atoms with E-state index in [1.165, 1.54) is 12.1 Å². The minimum absolute atomic E-state index is 0.302. The summed E-state index contributed by atoms with van der Waals surface area (Å²) < 4.78 is 13.3. The molecule has 1 aromatic heterocycles. The van der Waals surface area contributed by atoms with Gasteiger partial charge in [-0.3, -0.25) is 4.98 Å². The third-order valence-corrected chi connectivity index (χ3v) is 4.03. The standard InChI is InChI=1S/C16H13FN2S/c17-13-7-14(18)9-15(8-13)20-10-12-4-1-3-11-5-2-6-19-16(11)12/h1-9H,10,18H2. The molecule has 0 aliphatic heterocycles. The molecule has 0 saturated carbocycles. The minimum atomic E-state index is -0.302. The van der Waals surface area contributed by atoms with Gasteiger partial charge in [-0.15, -0.1) is 11.8 Å². The molecule has 0 bridgehead atoms. The number of nitrogen functional groups attached to an aromatic ring is 1. The van der Waals surface area contributed by atoms with Crippen LogP contribution in [0.1, 0.15) is 5.56 Å². The first kappa shape index (κ1) is 12.9. The van der Waals surface area contributed by atoms with E-state index >= 15 is 0 Å². The predicted molar refractivity (Wildman–Crippen MR) is 82.1 cm³/mol. The molecule has 4 heteroatoms. The van der Waals surface area contributed by atoms with Gasteiger partial charge >= 0.3 is 0 Å². The molecule has 0 atom stereocenters. The van der Waals surface area contributed by atoms with Crippen molar-refractivity contribution >= 4 is 28.4 Å². The molecule has 3 rings (SSSR count). The maximum Gasteiger partial charge on any atom is 0.126 e. The van der Waals surface area contributed by atoms with Gasteiger partial charge in [-0.1, -0.05) is 24.3 Å². The topological polar surface area (TPSA) is 38.9 Å². The van der Waals surface area contributed by atoms with Gasteiger partial charge in [0.2, 0.25) is 0 Å². The highest BCUT2D eigenvalue weighted by Crippen LogP contribution is 2.28. The van der Waals surface area contributed by atoms with E-state index < -0.39 is 0 Å². The summed E-state index contributed by atoms with van der Waals surface area (Å²) in [7, 11) is 0. The Balaban J connectivity index is 1.87. The Morgan fingerprint density at radius 1 is 1.10 bits per heavy atom. The number of rotatable bonds is 3. The second kappa shape index (κ2) is 5.51. The number of thioether (sulfide) groups is 1. The van der Waals surface area contributed by atoms with Crippen LogP contribution in [0, 0.1) is 5.82 Å². The number of halogens is 1. The second-order valence-corrected chi connectivity index (χ2v) is 5.55. The van der Waals surface area contributed by atoms with Crippen LogP contribution >= 0.6 is 11.8 Å². The molecule has 0 aliphatic carbocycles. The summed E-state index contributed by atoms with van der Waals surface area (Å²) in [5, 5.41) is 1.12. The number of nitrogens with two attached hydrogens (primary N) is 1. The van der Waals surface area contributed by atoms with E-state index in [1.807, 2.05) is 30.3 Å². The SMILES string of the molecule is Nc1cc(F)cc(SCc2cccc3cccnc23)c1. The molecule has 0 aliphatic rings. The Hall–Kier alpha value is -2.07. The fourth-order valence-corrected chi connectivity index (χ4v) is 3.08. The quantitative estimate of drug-likeness (QED) is 0.577. The van der Waals surface area contributed by atoms with Crippen LogP contribution in [0.15, 0.2) is 59.6 Å². The first-order valence-electron chi connectivity index (χ1n) is 6.24. The summed E-state index contributed by atoms with van der Waals surface area (Å²) in [4.78, 5) is 5.25. The van der Waals surface area contributed by atoms with E-state index in [1.54, 1.807) is 24.0 Å². The van der Waals surface area contributed by atoms with E-state index in [4.69, 9.17) is 5.73 Å². The van der Waals surface area contributed by atoms with E-state index in [0.29, 0.717) is 5.69 Å². The van der Waals surface area contributed by atoms with Crippen molar-refractivity contribution in [2.24, 2.45) is 0 Å². The number of fused-ring (bicyclic) bond motifs is 1. The van der Waals surface area contributed by atoms with Crippen LogP contribution in [-0.4, -0.2) is 4.98 Å². The van der Waals surface area contributed by atoms with Gasteiger partial charge in [-0.05, 0) is 29.8 Å². The molecule has 0 radical (unpaired) electrons. The molecule has 20 heavy (non-hydrogen) atoms. The second-order valence-electron chi connectivity index (χ2n) is 4.50. The lowest BCUT2D eigenvalue weighted by Gasteiger charge is -2.06. The van der Waals surface area contributed by atoms with E-state index in [0.717, 1.165) is 27.1 Å². The third-order valence-electron chi connectivity index (χ3n) is 3.00. The molecule has 0 unspecified atom stereocenters. The van der Waals surface area contributed by atoms with Crippen LogP contribution in [0.3, 0.4) is 0 Å². The lowest BCUT2D eigenvalue weighted by Crippen LogP contribution is -1.89. The van der Waals surface area contributed by atoms with Gasteiger partial charge in [-0.2, -0.15) is 0 Å². The monoisotopic (exact) mass is 284 g/mol. The minimum Gasteiger partial charge on any atom is -0.399 e. The lowest BCUT2D eigenvalue weighted by atomic mass is 10.1. The molecule has 100 valence electrons. The van der Waals surface area contributed by atoms with Gasteiger partial charge in [0.25, 0.3) is 0 Å². The summed E-state index contributed by atoms with van der Waals surface area (Å²) in [6.45, 7) is 0. The number of para-hydroxylation sites is 1. The van der Waals surface area contributed by atoms with Gasteiger partial charge in [0.1, 0.15) is 5.82 Å². The van der Waals surface area contributed by atoms with Crippen LogP contribution < -0.4 is 5.73 Å². The molecule has 1 heterocycles. The molecule has 0 fully saturated rings. The number of nitrogens with zero attached hydrogens (tertiary/aromatic N) is 1. The molecular formula is C16H13FN2S. The highest BCUT2D eigenvalue weighted by atomic mass is 32.2. The predicted octanol–water partition coefficient (Wildman–Crippen LogP) is 4.25. The number of anilines is 1. The number of aromatic nitrogens is 1. The van der Waals surface area contributed by atoms with E-state index in [-0.39, 0.29) is 5.82 Å². The van der Waals surface area contributed by atoms with Crippen molar-refractivity contribution in [1.29, 1.82) is 0 Å². The lowest BCUT2D eigenvalue weighted by molar-refractivity contribution is 0.625. The van der Waals surface area contributed by atoms with Crippen LogP contribution in [0.4, 0.5) is 10.1 Å². The van der Waals surface area contributed by atoms with E-state index in [9.17, 15) is 4.39 Å². The first-order valence-corrected chi connectivity index (χ1v) is 7.22. The van der Waals surface area contributed by atoms with Crippen LogP contribution in [-0.2, 0) is 5.75 Å². The Bertz CT molecular complexity index is 733. The van der Waals surface area contributed by atoms with Crippen LogP contribution in [0.5, 0.6) is 0 Å². The molecule has 2 aromatic carbocycles. The fourth-order valence-electron chi connectivity index (χ4n) is 2.11. The summed E-state index contributed by atoms with van der Waals surface area (Å²) in [5.74, 6) is 0.431. The largest absolute Gasteiger partial charge is 0.399 e.